The van der Waals surface area contributed by atoms with Crippen molar-refractivity contribution in [3.8, 4) is 5.75 Å². The van der Waals surface area contributed by atoms with E-state index in [1.807, 2.05) is 49.4 Å². The van der Waals surface area contributed by atoms with Crippen LogP contribution in [0.25, 0.3) is 10.8 Å². The molecule has 0 bridgehead atoms. The normalized spacial score (nSPS) is 11.8. The zero-order chi connectivity index (χ0) is 19.4. The molecule has 0 aromatic heterocycles. The number of benzene rings is 3. The highest BCUT2D eigenvalue weighted by molar-refractivity contribution is 6.30. The number of carbonyl (C=O) groups is 1. The predicted molar refractivity (Wildman–Crippen MR) is 104 cm³/mol. The van der Waals surface area contributed by atoms with Gasteiger partial charge in [0.1, 0.15) is 0 Å². The molecule has 138 valence electrons. The SMILES string of the molecule is CC(NC(=O)COc1ccc(Cl)cc1[N+](=O)[O-])c1cccc2ccccc12. The summed E-state index contributed by atoms with van der Waals surface area (Å²) in [6.45, 7) is 1.54. The molecule has 0 fully saturated rings. The zero-order valence-corrected chi connectivity index (χ0v) is 15.3. The minimum atomic E-state index is -0.599. The average molecular weight is 385 g/mol. The second kappa shape index (κ2) is 8.05. The molecule has 3 rings (SSSR count). The molecule has 0 aliphatic heterocycles. The number of nitro benzene ring substituents is 1. The van der Waals surface area contributed by atoms with Crippen LogP contribution in [0.1, 0.15) is 18.5 Å². The lowest BCUT2D eigenvalue weighted by atomic mass is 10.00. The third-order valence-electron chi connectivity index (χ3n) is 4.14. The van der Waals surface area contributed by atoms with Crippen molar-refractivity contribution in [1.29, 1.82) is 0 Å². The van der Waals surface area contributed by atoms with E-state index in [4.69, 9.17) is 16.3 Å². The number of hydrogen-bond acceptors (Lipinski definition) is 4. The van der Waals surface area contributed by atoms with E-state index in [1.54, 1.807) is 0 Å². The molecule has 1 N–H and O–H groups in total. The molecule has 0 radical (unpaired) electrons. The average Bonchev–Trinajstić information content (AvgIpc) is 2.66. The Morgan fingerprint density at radius 3 is 2.70 bits per heavy atom. The second-order valence-electron chi connectivity index (χ2n) is 6.02. The van der Waals surface area contributed by atoms with Crippen LogP contribution in [-0.4, -0.2) is 17.4 Å². The quantitative estimate of drug-likeness (QED) is 0.495. The molecule has 7 heteroatoms. The van der Waals surface area contributed by atoms with E-state index in [1.165, 1.54) is 18.2 Å². The Kier molecular flexibility index (Phi) is 5.57. The van der Waals surface area contributed by atoms with E-state index in [0.717, 1.165) is 16.3 Å². The largest absolute Gasteiger partial charge is 0.477 e. The third kappa shape index (κ3) is 4.35. The summed E-state index contributed by atoms with van der Waals surface area (Å²) in [6, 6.07) is 17.6. The van der Waals surface area contributed by atoms with Crippen LogP contribution in [0.5, 0.6) is 5.75 Å². The Hall–Kier alpha value is -3.12. The van der Waals surface area contributed by atoms with Crippen LogP contribution in [0.15, 0.2) is 60.7 Å². The topological polar surface area (TPSA) is 81.5 Å². The number of nitro groups is 1. The van der Waals surface area contributed by atoms with Gasteiger partial charge >= 0.3 is 5.69 Å². The van der Waals surface area contributed by atoms with Gasteiger partial charge in [0.25, 0.3) is 5.91 Å². The number of ether oxygens (including phenoxy) is 1. The maximum atomic E-state index is 12.3. The van der Waals surface area contributed by atoms with Crippen LogP contribution in [0.2, 0.25) is 5.02 Å². The fraction of sp³-hybridized carbons (Fsp3) is 0.150. The van der Waals surface area contributed by atoms with E-state index >= 15 is 0 Å². The van der Waals surface area contributed by atoms with Crippen LogP contribution >= 0.6 is 11.6 Å². The van der Waals surface area contributed by atoms with Gasteiger partial charge in [-0.15, -0.1) is 0 Å². The Morgan fingerprint density at radius 2 is 1.93 bits per heavy atom. The molecule has 3 aromatic rings. The monoisotopic (exact) mass is 384 g/mol. The summed E-state index contributed by atoms with van der Waals surface area (Å²) >= 11 is 5.77. The highest BCUT2D eigenvalue weighted by Crippen LogP contribution is 2.30. The van der Waals surface area contributed by atoms with Gasteiger partial charge in [-0.25, -0.2) is 0 Å². The number of fused-ring (bicyclic) bond motifs is 1. The van der Waals surface area contributed by atoms with Gasteiger partial charge < -0.3 is 10.1 Å². The minimum absolute atomic E-state index is 0.00244. The molecule has 0 aliphatic carbocycles. The standard InChI is InChI=1S/C20H17ClN2O4/c1-13(16-8-4-6-14-5-2-3-7-17(14)16)22-20(24)12-27-19-10-9-15(21)11-18(19)23(25)26/h2-11,13H,12H2,1H3,(H,22,24). The molecule has 0 spiro atoms. The lowest BCUT2D eigenvalue weighted by molar-refractivity contribution is -0.385. The van der Waals surface area contributed by atoms with Crippen molar-refractivity contribution in [3.05, 3.63) is 81.4 Å². The highest BCUT2D eigenvalue weighted by atomic mass is 35.5. The molecule has 0 heterocycles. The summed E-state index contributed by atoms with van der Waals surface area (Å²) in [4.78, 5) is 22.7. The first-order valence-corrected chi connectivity index (χ1v) is 8.67. The molecule has 27 heavy (non-hydrogen) atoms. The summed E-state index contributed by atoms with van der Waals surface area (Å²) in [5, 5.41) is 16.3. The maximum absolute atomic E-state index is 12.3. The maximum Gasteiger partial charge on any atom is 0.312 e. The first-order chi connectivity index (χ1) is 13.0. The van der Waals surface area contributed by atoms with Gasteiger partial charge in [-0.05, 0) is 35.4 Å². The minimum Gasteiger partial charge on any atom is -0.477 e. The molecule has 1 unspecified atom stereocenters. The van der Waals surface area contributed by atoms with Gasteiger partial charge in [0.05, 0.1) is 11.0 Å². The predicted octanol–water partition coefficient (Wildman–Crippen LogP) is 4.66. The van der Waals surface area contributed by atoms with E-state index in [9.17, 15) is 14.9 Å². The first-order valence-electron chi connectivity index (χ1n) is 8.29. The van der Waals surface area contributed by atoms with Crippen molar-refractivity contribution in [1.82, 2.24) is 5.32 Å². The molecule has 6 nitrogen and oxygen atoms in total. The molecule has 1 atom stereocenters. The number of rotatable bonds is 6. The first kappa shape index (κ1) is 18.7. The Balaban J connectivity index is 1.68. The van der Waals surface area contributed by atoms with Crippen LogP contribution in [-0.2, 0) is 4.79 Å². The second-order valence-corrected chi connectivity index (χ2v) is 6.45. The number of nitrogens with zero attached hydrogens (tertiary/aromatic N) is 1. The fourth-order valence-corrected chi connectivity index (χ4v) is 3.05. The molecule has 1 amide bonds. The van der Waals surface area contributed by atoms with Crippen LogP contribution in [0.3, 0.4) is 0 Å². The number of halogens is 1. The van der Waals surface area contributed by atoms with Crippen molar-refractivity contribution >= 4 is 34.0 Å². The molecular formula is C20H17ClN2O4. The number of hydrogen-bond donors (Lipinski definition) is 1. The number of amides is 1. The van der Waals surface area contributed by atoms with Gasteiger partial charge in [0.2, 0.25) is 0 Å². The van der Waals surface area contributed by atoms with Gasteiger partial charge in [0.15, 0.2) is 12.4 Å². The fourth-order valence-electron chi connectivity index (χ4n) is 2.89. The summed E-state index contributed by atoms with van der Waals surface area (Å²) in [6.07, 6.45) is 0. The van der Waals surface area contributed by atoms with Crippen molar-refractivity contribution in [2.75, 3.05) is 6.61 Å². The van der Waals surface area contributed by atoms with Gasteiger partial charge in [-0.1, -0.05) is 54.1 Å². The lowest BCUT2D eigenvalue weighted by Gasteiger charge is -2.17. The van der Waals surface area contributed by atoms with E-state index in [0.29, 0.717) is 0 Å². The summed E-state index contributed by atoms with van der Waals surface area (Å²) < 4.78 is 5.33. The van der Waals surface area contributed by atoms with Gasteiger partial charge in [0, 0.05) is 11.1 Å². The van der Waals surface area contributed by atoms with Crippen LogP contribution in [0, 0.1) is 10.1 Å². The molecular weight excluding hydrogens is 368 g/mol. The van der Waals surface area contributed by atoms with Gasteiger partial charge in [-0.2, -0.15) is 0 Å². The van der Waals surface area contributed by atoms with Crippen molar-refractivity contribution in [3.63, 3.8) is 0 Å². The van der Waals surface area contributed by atoms with E-state index in [2.05, 4.69) is 5.32 Å². The molecule has 0 saturated carbocycles. The van der Waals surface area contributed by atoms with Crippen molar-refractivity contribution in [2.24, 2.45) is 0 Å². The van der Waals surface area contributed by atoms with Crippen LogP contribution < -0.4 is 10.1 Å². The zero-order valence-electron chi connectivity index (χ0n) is 14.5. The lowest BCUT2D eigenvalue weighted by Crippen LogP contribution is -2.31. The Bertz CT molecular complexity index is 1000. The smallest absolute Gasteiger partial charge is 0.312 e. The van der Waals surface area contributed by atoms with Crippen molar-refractivity contribution < 1.29 is 14.5 Å². The van der Waals surface area contributed by atoms with E-state index < -0.39 is 4.92 Å². The number of carbonyl (C=O) groups excluding carboxylic acids is 1. The molecule has 0 aliphatic rings. The molecule has 3 aromatic carbocycles. The summed E-state index contributed by atoms with van der Waals surface area (Å²) in [7, 11) is 0. The highest BCUT2D eigenvalue weighted by Gasteiger charge is 2.18. The Labute approximate surface area is 160 Å². The van der Waals surface area contributed by atoms with Gasteiger partial charge in [-0.3, -0.25) is 14.9 Å². The third-order valence-corrected chi connectivity index (χ3v) is 4.38. The summed E-state index contributed by atoms with van der Waals surface area (Å²) in [5.41, 5.74) is 0.705. The number of nitrogens with one attached hydrogen (secondary N) is 1. The summed E-state index contributed by atoms with van der Waals surface area (Å²) in [5.74, 6) is -0.378. The van der Waals surface area contributed by atoms with E-state index in [-0.39, 0.29) is 35.0 Å². The van der Waals surface area contributed by atoms with Crippen molar-refractivity contribution in [2.45, 2.75) is 13.0 Å². The molecule has 0 saturated heterocycles. The Morgan fingerprint density at radius 1 is 1.19 bits per heavy atom. The van der Waals surface area contributed by atoms with Crippen LogP contribution in [0.4, 0.5) is 5.69 Å².